The largest absolute Gasteiger partial charge is 0.348 e. The summed E-state index contributed by atoms with van der Waals surface area (Å²) < 4.78 is 0. The van der Waals surface area contributed by atoms with Gasteiger partial charge in [-0.25, -0.2) is 0 Å². The fourth-order valence-corrected chi connectivity index (χ4v) is 4.05. The molecule has 1 amide bonds. The lowest BCUT2D eigenvalue weighted by Gasteiger charge is -2.29. The first-order valence-electron chi connectivity index (χ1n) is 8.45. The summed E-state index contributed by atoms with van der Waals surface area (Å²) in [5, 5.41) is 3.10. The molecule has 3 rings (SSSR count). The average Bonchev–Trinajstić information content (AvgIpc) is 2.92. The second-order valence-corrected chi connectivity index (χ2v) is 6.91. The van der Waals surface area contributed by atoms with E-state index < -0.39 is 0 Å². The van der Waals surface area contributed by atoms with Crippen LogP contribution in [0.25, 0.3) is 0 Å². The van der Waals surface area contributed by atoms with E-state index in [1.54, 1.807) is 0 Å². The van der Waals surface area contributed by atoms with Crippen molar-refractivity contribution < 1.29 is 4.79 Å². The molecule has 4 heteroatoms. The molecule has 0 bridgehead atoms. The Morgan fingerprint density at radius 3 is 2.82 bits per heavy atom. The molecule has 4 nitrogen and oxygen atoms in total. The van der Waals surface area contributed by atoms with Crippen LogP contribution in [0.1, 0.15) is 37.8 Å². The zero-order valence-corrected chi connectivity index (χ0v) is 13.4. The molecule has 1 aliphatic carbocycles. The summed E-state index contributed by atoms with van der Waals surface area (Å²) in [4.78, 5) is 14.6. The van der Waals surface area contributed by atoms with Crippen LogP contribution in [0.3, 0.4) is 0 Å². The lowest BCUT2D eigenvalue weighted by molar-refractivity contribution is -0.122. The molecule has 1 aliphatic heterocycles. The smallest absolute Gasteiger partial charge is 0.234 e. The zero-order chi connectivity index (χ0) is 15.5. The van der Waals surface area contributed by atoms with E-state index >= 15 is 0 Å². The van der Waals surface area contributed by atoms with E-state index in [0.29, 0.717) is 24.4 Å². The minimum atomic E-state index is 0.0563. The minimum Gasteiger partial charge on any atom is -0.348 e. The van der Waals surface area contributed by atoms with E-state index in [4.69, 9.17) is 5.73 Å². The summed E-state index contributed by atoms with van der Waals surface area (Å²) in [5.41, 5.74) is 7.39. The monoisotopic (exact) mass is 301 g/mol. The number of hydrogen-bond donors (Lipinski definition) is 2. The molecule has 0 radical (unpaired) electrons. The number of nitrogens with one attached hydrogen (secondary N) is 1. The molecule has 3 N–H and O–H groups in total. The third kappa shape index (κ3) is 3.50. The van der Waals surface area contributed by atoms with Gasteiger partial charge in [0.2, 0.25) is 5.91 Å². The number of fused-ring (bicyclic) bond motifs is 1. The Labute approximate surface area is 133 Å². The van der Waals surface area contributed by atoms with Gasteiger partial charge in [0, 0.05) is 19.1 Å². The Bertz CT molecular complexity index is 504. The first-order valence-corrected chi connectivity index (χ1v) is 8.45. The molecule has 4 unspecified atom stereocenters. The van der Waals surface area contributed by atoms with Crippen LogP contribution in [0.5, 0.6) is 0 Å². The number of nitrogens with two attached hydrogens (primary N) is 1. The van der Waals surface area contributed by atoms with Crippen LogP contribution in [-0.2, 0) is 4.79 Å². The summed E-state index contributed by atoms with van der Waals surface area (Å²) in [5.74, 6) is 1.40. The van der Waals surface area contributed by atoms with Gasteiger partial charge >= 0.3 is 0 Å². The van der Waals surface area contributed by atoms with Gasteiger partial charge in [-0.3, -0.25) is 9.69 Å². The van der Waals surface area contributed by atoms with Crippen molar-refractivity contribution in [3.8, 4) is 0 Å². The quantitative estimate of drug-likeness (QED) is 0.893. The van der Waals surface area contributed by atoms with Gasteiger partial charge in [0.1, 0.15) is 0 Å². The predicted octanol–water partition coefficient (Wildman–Crippen LogP) is 1.92. The Balaban J connectivity index is 1.50. The van der Waals surface area contributed by atoms with Crippen molar-refractivity contribution in [2.45, 2.75) is 38.3 Å². The zero-order valence-electron chi connectivity index (χ0n) is 13.4. The molecule has 1 heterocycles. The second-order valence-electron chi connectivity index (χ2n) is 6.91. The Morgan fingerprint density at radius 1 is 1.32 bits per heavy atom. The number of carbonyl (C=O) groups excluding carboxylic acids is 1. The second kappa shape index (κ2) is 6.80. The molecular formula is C18H27N3O. The molecule has 1 aromatic carbocycles. The predicted molar refractivity (Wildman–Crippen MR) is 88.2 cm³/mol. The van der Waals surface area contributed by atoms with Crippen LogP contribution in [0, 0.1) is 11.8 Å². The van der Waals surface area contributed by atoms with Gasteiger partial charge in [0.15, 0.2) is 0 Å². The van der Waals surface area contributed by atoms with E-state index in [1.807, 2.05) is 37.3 Å². The molecule has 2 aliphatic rings. The SMILES string of the molecule is CC(NC(=O)CN1CC2CCCC(N)C2C1)c1ccccc1. The molecule has 0 spiro atoms. The summed E-state index contributed by atoms with van der Waals surface area (Å²) in [6, 6.07) is 10.5. The maximum absolute atomic E-state index is 12.3. The lowest BCUT2D eigenvalue weighted by atomic mass is 9.78. The third-order valence-corrected chi connectivity index (χ3v) is 5.27. The lowest BCUT2D eigenvalue weighted by Crippen LogP contribution is -2.39. The molecule has 2 fully saturated rings. The van der Waals surface area contributed by atoms with E-state index in [2.05, 4.69) is 10.2 Å². The Morgan fingerprint density at radius 2 is 2.09 bits per heavy atom. The van der Waals surface area contributed by atoms with Crippen molar-refractivity contribution in [3.05, 3.63) is 35.9 Å². The van der Waals surface area contributed by atoms with Crippen molar-refractivity contribution in [1.82, 2.24) is 10.2 Å². The first kappa shape index (κ1) is 15.5. The van der Waals surface area contributed by atoms with Gasteiger partial charge in [-0.15, -0.1) is 0 Å². The fourth-order valence-electron chi connectivity index (χ4n) is 4.05. The van der Waals surface area contributed by atoms with Crippen LogP contribution >= 0.6 is 0 Å². The van der Waals surface area contributed by atoms with Gasteiger partial charge in [-0.1, -0.05) is 36.8 Å². The van der Waals surface area contributed by atoms with Gasteiger partial charge in [0.05, 0.1) is 12.6 Å². The molecular weight excluding hydrogens is 274 g/mol. The molecule has 1 aromatic rings. The maximum Gasteiger partial charge on any atom is 0.234 e. The molecule has 1 saturated carbocycles. The molecule has 4 atom stereocenters. The standard InChI is InChI=1S/C18H27N3O/c1-13(14-6-3-2-4-7-14)20-18(22)12-21-10-15-8-5-9-17(19)16(15)11-21/h2-4,6-7,13,15-17H,5,8-12,19H2,1H3,(H,20,22). The number of carbonyl (C=O) groups is 1. The van der Waals surface area contributed by atoms with Gasteiger partial charge in [-0.05, 0) is 37.2 Å². The van der Waals surface area contributed by atoms with Crippen LogP contribution < -0.4 is 11.1 Å². The van der Waals surface area contributed by atoms with Crippen molar-refractivity contribution in [1.29, 1.82) is 0 Å². The third-order valence-electron chi connectivity index (χ3n) is 5.27. The van der Waals surface area contributed by atoms with Crippen molar-refractivity contribution >= 4 is 5.91 Å². The van der Waals surface area contributed by atoms with Gasteiger partial charge in [-0.2, -0.15) is 0 Å². The summed E-state index contributed by atoms with van der Waals surface area (Å²) in [6.45, 7) is 4.55. The number of rotatable bonds is 4. The highest BCUT2D eigenvalue weighted by Crippen LogP contribution is 2.35. The van der Waals surface area contributed by atoms with Crippen LogP contribution in [0.2, 0.25) is 0 Å². The molecule has 120 valence electrons. The number of amides is 1. The van der Waals surface area contributed by atoms with Gasteiger partial charge < -0.3 is 11.1 Å². The summed E-state index contributed by atoms with van der Waals surface area (Å²) >= 11 is 0. The number of benzene rings is 1. The fraction of sp³-hybridized carbons (Fsp3) is 0.611. The topological polar surface area (TPSA) is 58.4 Å². The van der Waals surface area contributed by atoms with E-state index in [0.717, 1.165) is 25.1 Å². The van der Waals surface area contributed by atoms with Crippen molar-refractivity contribution in [3.63, 3.8) is 0 Å². The summed E-state index contributed by atoms with van der Waals surface area (Å²) in [7, 11) is 0. The number of hydrogen-bond acceptors (Lipinski definition) is 3. The van der Waals surface area contributed by atoms with Gasteiger partial charge in [0.25, 0.3) is 0 Å². The number of nitrogens with zero attached hydrogens (tertiary/aromatic N) is 1. The van der Waals surface area contributed by atoms with Crippen LogP contribution in [0.4, 0.5) is 0 Å². The van der Waals surface area contributed by atoms with E-state index in [1.165, 1.54) is 12.8 Å². The van der Waals surface area contributed by atoms with Crippen molar-refractivity contribution in [2.24, 2.45) is 17.6 Å². The highest BCUT2D eigenvalue weighted by atomic mass is 16.2. The highest BCUT2D eigenvalue weighted by Gasteiger charge is 2.39. The van der Waals surface area contributed by atoms with Crippen molar-refractivity contribution in [2.75, 3.05) is 19.6 Å². The van der Waals surface area contributed by atoms with E-state index in [-0.39, 0.29) is 11.9 Å². The van der Waals surface area contributed by atoms with Crippen LogP contribution in [0.15, 0.2) is 30.3 Å². The molecule has 0 aromatic heterocycles. The van der Waals surface area contributed by atoms with Crippen LogP contribution in [-0.4, -0.2) is 36.5 Å². The first-order chi connectivity index (χ1) is 10.6. The molecule has 22 heavy (non-hydrogen) atoms. The summed E-state index contributed by atoms with van der Waals surface area (Å²) in [6.07, 6.45) is 3.66. The Kier molecular flexibility index (Phi) is 4.79. The normalized spacial score (nSPS) is 29.8. The highest BCUT2D eigenvalue weighted by molar-refractivity contribution is 5.78. The molecule has 1 saturated heterocycles. The minimum absolute atomic E-state index is 0.0563. The maximum atomic E-state index is 12.3. The average molecular weight is 301 g/mol. The Hall–Kier alpha value is -1.39. The number of likely N-dealkylation sites (tertiary alicyclic amines) is 1. The van der Waals surface area contributed by atoms with E-state index in [9.17, 15) is 4.79 Å².